The van der Waals surface area contributed by atoms with Crippen molar-refractivity contribution >= 4 is 29.1 Å². The van der Waals surface area contributed by atoms with Crippen molar-refractivity contribution in [3.05, 3.63) is 53.5 Å². The molecule has 0 bridgehead atoms. The Morgan fingerprint density at radius 1 is 1.32 bits per heavy atom. The average Bonchev–Trinajstić information content (AvgIpc) is 3.11. The highest BCUT2D eigenvalue weighted by molar-refractivity contribution is 6.31. The highest BCUT2D eigenvalue weighted by Gasteiger charge is 2.23. The Labute approximate surface area is 149 Å². The number of hydrogen-bond acceptors (Lipinski definition) is 5. The normalized spacial score (nSPS) is 13.4. The minimum atomic E-state index is -0.768. The van der Waals surface area contributed by atoms with E-state index in [4.69, 9.17) is 27.3 Å². The van der Waals surface area contributed by atoms with Crippen LogP contribution in [0.1, 0.15) is 18.5 Å². The number of amides is 2. The van der Waals surface area contributed by atoms with Gasteiger partial charge in [0.2, 0.25) is 0 Å². The van der Waals surface area contributed by atoms with E-state index in [-0.39, 0.29) is 17.6 Å². The smallest absolute Gasteiger partial charge is 0.325 e. The van der Waals surface area contributed by atoms with E-state index in [0.717, 1.165) is 17.7 Å². The monoisotopic (exact) mass is 355 g/mol. The molecule has 1 aromatic carbocycles. The number of hydrogen-bond donors (Lipinski definition) is 1. The highest BCUT2D eigenvalue weighted by Crippen LogP contribution is 2.36. The van der Waals surface area contributed by atoms with Gasteiger partial charge < -0.3 is 10.5 Å². The number of aromatic nitrogens is 2. The van der Waals surface area contributed by atoms with E-state index in [9.17, 15) is 4.79 Å². The number of primary amides is 1. The Hall–Kier alpha value is -3.11. The van der Waals surface area contributed by atoms with Crippen LogP contribution >= 0.6 is 11.6 Å². The number of carbonyl (C=O) groups excluding carboxylic acids is 1. The SMILES string of the molecule is N#Cc1cnc(N(C(N)=O)c2cc(Cl)ccc2OC2CC=CC2)cn1. The van der Waals surface area contributed by atoms with Crippen molar-refractivity contribution in [1.82, 2.24) is 9.97 Å². The third-order valence-electron chi connectivity index (χ3n) is 3.62. The molecule has 1 aliphatic carbocycles. The van der Waals surface area contributed by atoms with E-state index >= 15 is 0 Å². The predicted molar refractivity (Wildman–Crippen MR) is 92.7 cm³/mol. The van der Waals surface area contributed by atoms with E-state index in [1.807, 2.05) is 18.2 Å². The minimum absolute atomic E-state index is 0.0123. The van der Waals surface area contributed by atoms with Gasteiger partial charge in [0.1, 0.15) is 17.9 Å². The Balaban J connectivity index is 2.01. The number of benzene rings is 1. The summed E-state index contributed by atoms with van der Waals surface area (Å²) < 4.78 is 5.99. The number of nitrogens with zero attached hydrogens (tertiary/aromatic N) is 4. The number of ether oxygens (including phenoxy) is 1. The van der Waals surface area contributed by atoms with E-state index in [1.54, 1.807) is 18.2 Å². The van der Waals surface area contributed by atoms with E-state index in [1.165, 1.54) is 12.4 Å². The maximum absolute atomic E-state index is 12.1. The largest absolute Gasteiger partial charge is 0.488 e. The van der Waals surface area contributed by atoms with Gasteiger partial charge in [-0.1, -0.05) is 23.8 Å². The van der Waals surface area contributed by atoms with Crippen LogP contribution < -0.4 is 15.4 Å². The highest BCUT2D eigenvalue weighted by atomic mass is 35.5. The molecular formula is C17H14ClN5O2. The lowest BCUT2D eigenvalue weighted by molar-refractivity contribution is 0.217. The Kier molecular flexibility index (Phi) is 4.82. The zero-order valence-electron chi connectivity index (χ0n) is 13.1. The molecule has 2 aromatic rings. The number of urea groups is 1. The molecule has 126 valence electrons. The first-order chi connectivity index (χ1) is 12.1. The number of nitriles is 1. The van der Waals surface area contributed by atoms with Crippen molar-refractivity contribution in [1.29, 1.82) is 5.26 Å². The van der Waals surface area contributed by atoms with Gasteiger partial charge in [0.25, 0.3) is 0 Å². The van der Waals surface area contributed by atoms with Gasteiger partial charge in [0.05, 0.1) is 18.1 Å². The second-order valence-electron chi connectivity index (χ2n) is 5.34. The summed E-state index contributed by atoms with van der Waals surface area (Å²) in [6.07, 6.45) is 8.20. The zero-order chi connectivity index (χ0) is 17.8. The summed E-state index contributed by atoms with van der Waals surface area (Å²) in [7, 11) is 0. The van der Waals surface area contributed by atoms with Crippen LogP contribution in [-0.4, -0.2) is 22.1 Å². The van der Waals surface area contributed by atoms with Crippen molar-refractivity contribution < 1.29 is 9.53 Å². The molecule has 0 fully saturated rings. The summed E-state index contributed by atoms with van der Waals surface area (Å²) in [6.45, 7) is 0. The van der Waals surface area contributed by atoms with Crippen molar-refractivity contribution in [3.63, 3.8) is 0 Å². The van der Waals surface area contributed by atoms with Gasteiger partial charge in [-0.2, -0.15) is 5.26 Å². The molecule has 8 heteroatoms. The van der Waals surface area contributed by atoms with Crippen LogP contribution in [0.4, 0.5) is 16.3 Å². The molecule has 1 heterocycles. The molecular weight excluding hydrogens is 342 g/mol. The van der Waals surface area contributed by atoms with Crippen LogP contribution in [0.2, 0.25) is 5.02 Å². The lowest BCUT2D eigenvalue weighted by atomic mass is 10.2. The molecule has 2 amide bonds. The number of nitrogens with two attached hydrogens (primary N) is 1. The molecule has 0 aliphatic heterocycles. The lowest BCUT2D eigenvalue weighted by Gasteiger charge is -2.24. The first-order valence-corrected chi connectivity index (χ1v) is 7.89. The van der Waals surface area contributed by atoms with Crippen molar-refractivity contribution in [2.75, 3.05) is 4.90 Å². The molecule has 0 atom stereocenters. The first-order valence-electron chi connectivity index (χ1n) is 7.51. The summed E-state index contributed by atoms with van der Waals surface area (Å²) in [4.78, 5) is 21.2. The van der Waals surface area contributed by atoms with Crippen molar-refractivity contribution in [2.24, 2.45) is 5.73 Å². The quantitative estimate of drug-likeness (QED) is 0.847. The lowest BCUT2D eigenvalue weighted by Crippen LogP contribution is -2.33. The number of halogens is 1. The Morgan fingerprint density at radius 3 is 2.68 bits per heavy atom. The molecule has 7 nitrogen and oxygen atoms in total. The van der Waals surface area contributed by atoms with Gasteiger partial charge in [0.15, 0.2) is 11.5 Å². The standard InChI is InChI=1S/C17H14ClN5O2/c18-11-5-6-15(25-13-3-1-2-4-13)14(7-11)23(17(20)24)16-10-21-12(8-19)9-22-16/h1-2,5-7,9-10,13H,3-4H2,(H2,20,24). The molecule has 3 rings (SSSR count). The maximum Gasteiger partial charge on any atom is 0.325 e. The number of carbonyl (C=O) groups is 1. The summed E-state index contributed by atoms with van der Waals surface area (Å²) >= 11 is 6.09. The fourth-order valence-electron chi connectivity index (χ4n) is 2.48. The summed E-state index contributed by atoms with van der Waals surface area (Å²) in [5.74, 6) is 0.631. The van der Waals surface area contributed by atoms with Gasteiger partial charge in [-0.15, -0.1) is 0 Å². The van der Waals surface area contributed by atoms with Gasteiger partial charge >= 0.3 is 6.03 Å². The van der Waals surface area contributed by atoms with E-state index in [2.05, 4.69) is 9.97 Å². The van der Waals surface area contributed by atoms with E-state index < -0.39 is 6.03 Å². The van der Waals surface area contributed by atoms with Crippen LogP contribution in [0, 0.1) is 11.3 Å². The molecule has 0 spiro atoms. The first kappa shape index (κ1) is 16.7. The molecule has 1 aliphatic rings. The van der Waals surface area contributed by atoms with Crippen molar-refractivity contribution in [2.45, 2.75) is 18.9 Å². The molecule has 0 radical (unpaired) electrons. The van der Waals surface area contributed by atoms with Crippen LogP contribution in [0.15, 0.2) is 42.7 Å². The second kappa shape index (κ2) is 7.20. The molecule has 0 saturated heterocycles. The van der Waals surface area contributed by atoms with Crippen LogP contribution in [-0.2, 0) is 0 Å². The van der Waals surface area contributed by atoms with E-state index in [0.29, 0.717) is 16.5 Å². The third kappa shape index (κ3) is 3.70. The molecule has 25 heavy (non-hydrogen) atoms. The van der Waals surface area contributed by atoms with Crippen LogP contribution in [0.25, 0.3) is 0 Å². The summed E-state index contributed by atoms with van der Waals surface area (Å²) in [5.41, 5.74) is 6.04. The molecule has 0 saturated carbocycles. The van der Waals surface area contributed by atoms with Gasteiger partial charge in [0, 0.05) is 17.9 Å². The minimum Gasteiger partial charge on any atom is -0.488 e. The number of rotatable bonds is 4. The fourth-order valence-corrected chi connectivity index (χ4v) is 2.65. The Bertz CT molecular complexity index is 852. The van der Waals surface area contributed by atoms with Crippen LogP contribution in [0.5, 0.6) is 5.75 Å². The summed E-state index contributed by atoms with van der Waals surface area (Å²) in [5, 5.41) is 9.25. The Morgan fingerprint density at radius 2 is 2.08 bits per heavy atom. The van der Waals surface area contributed by atoms with Gasteiger partial charge in [-0.3, -0.25) is 0 Å². The summed E-state index contributed by atoms with van der Waals surface area (Å²) in [6, 6.07) is 6.03. The van der Waals surface area contributed by atoms with Gasteiger partial charge in [-0.05, 0) is 18.2 Å². The van der Waals surface area contributed by atoms with Crippen molar-refractivity contribution in [3.8, 4) is 11.8 Å². The van der Waals surface area contributed by atoms with Crippen LogP contribution in [0.3, 0.4) is 0 Å². The predicted octanol–water partition coefficient (Wildman–Crippen LogP) is 3.32. The number of anilines is 2. The zero-order valence-corrected chi connectivity index (χ0v) is 13.8. The van der Waals surface area contributed by atoms with Gasteiger partial charge in [-0.25, -0.2) is 19.7 Å². The maximum atomic E-state index is 12.1. The second-order valence-corrected chi connectivity index (χ2v) is 5.78. The third-order valence-corrected chi connectivity index (χ3v) is 3.86. The topological polar surface area (TPSA) is 105 Å². The molecule has 0 unspecified atom stereocenters. The fraction of sp³-hybridized carbons (Fsp3) is 0.176. The molecule has 2 N–H and O–H groups in total. The molecule has 1 aromatic heterocycles. The average molecular weight is 356 g/mol.